The second-order valence-electron chi connectivity index (χ2n) is 10.7. The van der Waals surface area contributed by atoms with Crippen LogP contribution in [0.5, 0.6) is 17.2 Å². The first-order chi connectivity index (χ1) is 19.5. The third-order valence-electron chi connectivity index (χ3n) is 6.42. The van der Waals surface area contributed by atoms with Gasteiger partial charge in [0.1, 0.15) is 18.1 Å². The zero-order valence-electron chi connectivity index (χ0n) is 23.8. The van der Waals surface area contributed by atoms with Crippen LogP contribution in [0.2, 0.25) is 0 Å². The van der Waals surface area contributed by atoms with Crippen molar-refractivity contribution in [3.8, 4) is 17.2 Å². The van der Waals surface area contributed by atoms with Gasteiger partial charge in [0.2, 0.25) is 10.0 Å². The Kier molecular flexibility index (Phi) is 9.35. The van der Waals surface area contributed by atoms with Crippen LogP contribution in [0.3, 0.4) is 0 Å². The number of rotatable bonds is 11. The molecule has 0 aromatic heterocycles. The van der Waals surface area contributed by atoms with E-state index in [2.05, 4.69) is 38.2 Å². The van der Waals surface area contributed by atoms with Gasteiger partial charge in [0.15, 0.2) is 5.75 Å². The molecule has 0 fully saturated rings. The van der Waals surface area contributed by atoms with E-state index in [0.29, 0.717) is 35.9 Å². The van der Waals surface area contributed by atoms with E-state index in [4.69, 9.17) is 9.47 Å². The highest BCUT2D eigenvalue weighted by atomic mass is 32.2. The molecule has 1 amide bonds. The molecule has 0 saturated heterocycles. The molecule has 0 aliphatic carbocycles. The van der Waals surface area contributed by atoms with E-state index in [9.17, 15) is 13.2 Å². The number of nitrogens with one attached hydrogen (secondary N) is 1. The minimum atomic E-state index is -3.65. The van der Waals surface area contributed by atoms with Gasteiger partial charge in [-0.05, 0) is 65.1 Å². The van der Waals surface area contributed by atoms with E-state index in [1.807, 2.05) is 42.5 Å². The summed E-state index contributed by atoms with van der Waals surface area (Å²) in [6.07, 6.45) is 1.16. The number of benzene rings is 4. The molecule has 214 valence electrons. The van der Waals surface area contributed by atoms with Crippen molar-refractivity contribution in [3.05, 3.63) is 120 Å². The number of para-hydroxylation sites is 3. The molecule has 4 rings (SSSR count). The van der Waals surface area contributed by atoms with Gasteiger partial charge in [0, 0.05) is 5.56 Å². The number of hydrogen-bond acceptors (Lipinski definition) is 5. The molecule has 0 spiro atoms. The third kappa shape index (κ3) is 8.35. The van der Waals surface area contributed by atoms with E-state index >= 15 is 0 Å². The standard InChI is InChI=1S/C33H36N2O5S/c1-33(2,3)27-18-20-28(21-19-27)39-23-22-34-32(36)26-16-14-25(15-17-26)24-35(41(4,37)38)30-12-8-9-13-31(30)40-29-10-6-5-7-11-29/h5-21H,22-24H2,1-4H3,(H,34,36). The smallest absolute Gasteiger partial charge is 0.251 e. The number of hydrogen-bond donors (Lipinski definition) is 1. The first-order valence-electron chi connectivity index (χ1n) is 13.4. The normalized spacial score (nSPS) is 11.5. The number of carbonyl (C=O) groups is 1. The van der Waals surface area contributed by atoms with Crippen molar-refractivity contribution in [2.24, 2.45) is 0 Å². The molecule has 41 heavy (non-hydrogen) atoms. The Morgan fingerprint density at radius 2 is 1.44 bits per heavy atom. The van der Waals surface area contributed by atoms with E-state index in [-0.39, 0.29) is 17.9 Å². The Labute approximate surface area is 242 Å². The van der Waals surface area contributed by atoms with Crippen molar-refractivity contribution in [1.82, 2.24) is 5.32 Å². The first-order valence-corrected chi connectivity index (χ1v) is 15.3. The quantitative estimate of drug-likeness (QED) is 0.206. The van der Waals surface area contributed by atoms with Crippen LogP contribution in [0, 0.1) is 0 Å². The Morgan fingerprint density at radius 1 is 0.805 bits per heavy atom. The van der Waals surface area contributed by atoms with Gasteiger partial charge < -0.3 is 14.8 Å². The van der Waals surface area contributed by atoms with Gasteiger partial charge in [-0.1, -0.05) is 75.4 Å². The summed E-state index contributed by atoms with van der Waals surface area (Å²) in [6.45, 7) is 7.25. The van der Waals surface area contributed by atoms with E-state index < -0.39 is 10.0 Å². The third-order valence-corrected chi connectivity index (χ3v) is 7.55. The average molecular weight is 573 g/mol. The van der Waals surface area contributed by atoms with Gasteiger partial charge in [0.05, 0.1) is 25.0 Å². The number of amides is 1. The van der Waals surface area contributed by atoms with Gasteiger partial charge in [-0.25, -0.2) is 8.42 Å². The summed E-state index contributed by atoms with van der Waals surface area (Å²) in [6, 6.07) is 31.0. The van der Waals surface area contributed by atoms with E-state index in [1.54, 1.807) is 48.5 Å². The SMILES string of the molecule is CC(C)(C)c1ccc(OCCNC(=O)c2ccc(CN(c3ccccc3Oc3ccccc3)S(C)(=O)=O)cc2)cc1. The fraction of sp³-hybridized carbons (Fsp3) is 0.242. The lowest BCUT2D eigenvalue weighted by Gasteiger charge is -2.25. The number of anilines is 1. The molecule has 4 aromatic carbocycles. The molecule has 0 saturated carbocycles. The predicted octanol–water partition coefficient (Wildman–Crippen LogP) is 6.55. The number of ether oxygens (including phenoxy) is 2. The first kappa shape index (κ1) is 29.7. The van der Waals surface area contributed by atoms with Gasteiger partial charge in [-0.15, -0.1) is 0 Å². The summed E-state index contributed by atoms with van der Waals surface area (Å²) in [4.78, 5) is 12.7. The maximum Gasteiger partial charge on any atom is 0.251 e. The molecule has 0 radical (unpaired) electrons. The lowest BCUT2D eigenvalue weighted by molar-refractivity contribution is 0.0947. The summed E-state index contributed by atoms with van der Waals surface area (Å²) < 4.78 is 38.7. The van der Waals surface area contributed by atoms with Crippen molar-refractivity contribution in [2.75, 3.05) is 23.7 Å². The Balaban J connectivity index is 1.36. The van der Waals surface area contributed by atoms with Crippen LogP contribution in [0.4, 0.5) is 5.69 Å². The van der Waals surface area contributed by atoms with Crippen LogP contribution in [-0.2, 0) is 22.0 Å². The number of sulfonamides is 1. The lowest BCUT2D eigenvalue weighted by atomic mass is 9.87. The van der Waals surface area contributed by atoms with E-state index in [1.165, 1.54) is 9.87 Å². The maximum absolute atomic E-state index is 12.8. The Bertz CT molecular complexity index is 1550. The lowest BCUT2D eigenvalue weighted by Crippen LogP contribution is -2.30. The molecular weight excluding hydrogens is 536 g/mol. The van der Waals surface area contributed by atoms with Gasteiger partial charge in [0.25, 0.3) is 5.91 Å². The molecule has 0 aliphatic rings. The highest BCUT2D eigenvalue weighted by Crippen LogP contribution is 2.34. The zero-order valence-corrected chi connectivity index (χ0v) is 24.6. The fourth-order valence-electron chi connectivity index (χ4n) is 4.16. The second-order valence-corrected chi connectivity index (χ2v) is 12.6. The van der Waals surface area contributed by atoms with Gasteiger partial charge >= 0.3 is 0 Å². The van der Waals surface area contributed by atoms with Crippen LogP contribution >= 0.6 is 0 Å². The predicted molar refractivity (Wildman–Crippen MR) is 163 cm³/mol. The minimum absolute atomic E-state index is 0.0758. The summed E-state index contributed by atoms with van der Waals surface area (Å²) >= 11 is 0. The van der Waals surface area contributed by atoms with Gasteiger partial charge in [-0.3, -0.25) is 9.10 Å². The molecule has 0 atom stereocenters. The maximum atomic E-state index is 12.8. The molecule has 0 aliphatic heterocycles. The second kappa shape index (κ2) is 12.9. The molecule has 7 nitrogen and oxygen atoms in total. The molecule has 4 aromatic rings. The summed E-state index contributed by atoms with van der Waals surface area (Å²) in [5.74, 6) is 1.55. The topological polar surface area (TPSA) is 84.9 Å². The highest BCUT2D eigenvalue weighted by Gasteiger charge is 2.22. The average Bonchev–Trinajstić information content (AvgIpc) is 2.94. The summed E-state index contributed by atoms with van der Waals surface area (Å²) in [5, 5.41) is 2.86. The number of carbonyl (C=O) groups excluding carboxylic acids is 1. The Morgan fingerprint density at radius 3 is 2.07 bits per heavy atom. The molecule has 0 heterocycles. The van der Waals surface area contributed by atoms with Crippen LogP contribution in [0.25, 0.3) is 0 Å². The van der Waals surface area contributed by atoms with Crippen LogP contribution in [0.1, 0.15) is 42.3 Å². The Hall–Kier alpha value is -4.30. The number of nitrogens with zero attached hydrogens (tertiary/aromatic N) is 1. The highest BCUT2D eigenvalue weighted by molar-refractivity contribution is 7.92. The van der Waals surface area contributed by atoms with Gasteiger partial charge in [-0.2, -0.15) is 0 Å². The van der Waals surface area contributed by atoms with Crippen molar-refractivity contribution in [1.29, 1.82) is 0 Å². The van der Waals surface area contributed by atoms with Crippen molar-refractivity contribution >= 4 is 21.6 Å². The summed E-state index contributed by atoms with van der Waals surface area (Å²) in [7, 11) is -3.65. The van der Waals surface area contributed by atoms with Crippen LogP contribution < -0.4 is 19.1 Å². The molecule has 1 N–H and O–H groups in total. The molecule has 0 unspecified atom stereocenters. The molecule has 0 bridgehead atoms. The zero-order chi connectivity index (χ0) is 29.5. The molecule has 8 heteroatoms. The van der Waals surface area contributed by atoms with Crippen molar-refractivity contribution in [2.45, 2.75) is 32.7 Å². The summed E-state index contributed by atoms with van der Waals surface area (Å²) in [5.41, 5.74) is 2.93. The van der Waals surface area contributed by atoms with Crippen molar-refractivity contribution in [3.63, 3.8) is 0 Å². The largest absolute Gasteiger partial charge is 0.492 e. The van der Waals surface area contributed by atoms with Crippen LogP contribution in [0.15, 0.2) is 103 Å². The monoisotopic (exact) mass is 572 g/mol. The minimum Gasteiger partial charge on any atom is -0.492 e. The van der Waals surface area contributed by atoms with Crippen LogP contribution in [-0.4, -0.2) is 33.7 Å². The fourth-order valence-corrected chi connectivity index (χ4v) is 5.05. The molecular formula is C33H36N2O5S. The van der Waals surface area contributed by atoms with E-state index in [0.717, 1.165) is 17.6 Å². The van der Waals surface area contributed by atoms with Crippen molar-refractivity contribution < 1.29 is 22.7 Å².